The van der Waals surface area contributed by atoms with Gasteiger partial charge in [0.2, 0.25) is 0 Å². The van der Waals surface area contributed by atoms with Gasteiger partial charge in [0, 0.05) is 10.2 Å². The van der Waals surface area contributed by atoms with E-state index in [9.17, 15) is 4.79 Å². The largest absolute Gasteiger partial charge is 0.484 e. The van der Waals surface area contributed by atoms with Crippen LogP contribution in [0, 0.1) is 0 Å². The third-order valence-electron chi connectivity index (χ3n) is 2.90. The van der Waals surface area contributed by atoms with Gasteiger partial charge >= 0.3 is 0 Å². The summed E-state index contributed by atoms with van der Waals surface area (Å²) in [5, 5.41) is 3.35. The topological polar surface area (TPSA) is 38.3 Å². The fourth-order valence-corrected chi connectivity index (χ4v) is 2.24. The van der Waals surface area contributed by atoms with E-state index < -0.39 is 0 Å². The highest BCUT2D eigenvalue weighted by molar-refractivity contribution is 9.10. The van der Waals surface area contributed by atoms with Gasteiger partial charge in [-0.15, -0.1) is 0 Å². The van der Waals surface area contributed by atoms with Crippen molar-refractivity contribution < 1.29 is 9.53 Å². The van der Waals surface area contributed by atoms with E-state index in [0.29, 0.717) is 16.5 Å². The first-order valence-corrected chi connectivity index (χ1v) is 7.72. The van der Waals surface area contributed by atoms with Gasteiger partial charge in [-0.3, -0.25) is 4.79 Å². The fourth-order valence-electron chi connectivity index (χ4n) is 1.74. The van der Waals surface area contributed by atoms with E-state index in [0.717, 1.165) is 10.9 Å². The van der Waals surface area contributed by atoms with E-state index in [1.54, 1.807) is 18.2 Å². The average molecular weight is 369 g/mol. The first kappa shape index (κ1) is 15.9. The van der Waals surface area contributed by atoms with Crippen molar-refractivity contribution in [1.82, 2.24) is 0 Å². The first-order valence-electron chi connectivity index (χ1n) is 6.55. The molecule has 110 valence electrons. The number of rotatable bonds is 5. The summed E-state index contributed by atoms with van der Waals surface area (Å²) >= 11 is 9.21. The van der Waals surface area contributed by atoms with Gasteiger partial charge in [-0.25, -0.2) is 0 Å². The minimum absolute atomic E-state index is 0.0360. The van der Waals surface area contributed by atoms with Gasteiger partial charge in [-0.2, -0.15) is 0 Å². The van der Waals surface area contributed by atoms with Crippen LogP contribution in [0.2, 0.25) is 5.02 Å². The minimum Gasteiger partial charge on any atom is -0.484 e. The summed E-state index contributed by atoms with van der Waals surface area (Å²) in [6.07, 6.45) is 0.978. The van der Waals surface area contributed by atoms with Crippen LogP contribution in [-0.4, -0.2) is 12.5 Å². The fraction of sp³-hybridized carbons (Fsp3) is 0.188. The molecule has 0 aromatic heterocycles. The number of nitrogens with one attached hydrogen (secondary N) is 1. The Kier molecular flexibility index (Phi) is 5.65. The lowest BCUT2D eigenvalue weighted by Gasteiger charge is -2.08. The molecule has 2 aromatic carbocycles. The van der Waals surface area contributed by atoms with Gasteiger partial charge < -0.3 is 10.1 Å². The second kappa shape index (κ2) is 7.48. The maximum Gasteiger partial charge on any atom is 0.262 e. The molecule has 0 saturated carbocycles. The molecule has 2 rings (SSSR count). The lowest BCUT2D eigenvalue weighted by molar-refractivity contribution is -0.118. The molecule has 0 aliphatic heterocycles. The number of carbonyl (C=O) groups is 1. The molecular weight excluding hydrogens is 354 g/mol. The van der Waals surface area contributed by atoms with E-state index in [-0.39, 0.29) is 12.5 Å². The normalized spacial score (nSPS) is 10.2. The maximum atomic E-state index is 11.8. The highest BCUT2D eigenvalue weighted by Gasteiger charge is 2.05. The highest BCUT2D eigenvalue weighted by Crippen LogP contribution is 2.25. The van der Waals surface area contributed by atoms with Crippen LogP contribution in [0.5, 0.6) is 5.75 Å². The summed E-state index contributed by atoms with van der Waals surface area (Å²) in [6.45, 7) is 2.05. The summed E-state index contributed by atoms with van der Waals surface area (Å²) in [5.74, 6) is 0.462. The second-order valence-corrected chi connectivity index (χ2v) is 5.72. The zero-order valence-corrected chi connectivity index (χ0v) is 13.9. The van der Waals surface area contributed by atoms with Crippen LogP contribution in [0.3, 0.4) is 0 Å². The molecule has 0 bridgehead atoms. The van der Waals surface area contributed by atoms with Gasteiger partial charge in [0.15, 0.2) is 6.61 Å². The molecule has 0 aliphatic carbocycles. The maximum absolute atomic E-state index is 11.8. The van der Waals surface area contributed by atoms with Crippen LogP contribution < -0.4 is 10.1 Å². The lowest BCUT2D eigenvalue weighted by Crippen LogP contribution is -2.20. The van der Waals surface area contributed by atoms with Crippen LogP contribution in [0.4, 0.5) is 5.69 Å². The first-order chi connectivity index (χ1) is 10.1. The monoisotopic (exact) mass is 367 g/mol. The Balaban J connectivity index is 1.87. The number of benzene rings is 2. The average Bonchev–Trinajstić information content (AvgIpc) is 2.49. The van der Waals surface area contributed by atoms with Crippen LogP contribution in [0.1, 0.15) is 12.5 Å². The molecule has 0 unspecified atom stereocenters. The van der Waals surface area contributed by atoms with Gasteiger partial charge in [0.1, 0.15) is 5.75 Å². The van der Waals surface area contributed by atoms with E-state index in [4.69, 9.17) is 16.3 Å². The zero-order valence-electron chi connectivity index (χ0n) is 11.5. The second-order valence-electron chi connectivity index (χ2n) is 4.46. The Morgan fingerprint density at radius 1 is 1.24 bits per heavy atom. The Morgan fingerprint density at radius 2 is 1.95 bits per heavy atom. The predicted molar refractivity (Wildman–Crippen MR) is 89.1 cm³/mol. The summed E-state index contributed by atoms with van der Waals surface area (Å²) in [4.78, 5) is 11.8. The molecule has 0 spiro atoms. The van der Waals surface area contributed by atoms with Crippen molar-refractivity contribution in [3.05, 3.63) is 57.5 Å². The van der Waals surface area contributed by atoms with Crippen molar-refractivity contribution in [2.75, 3.05) is 11.9 Å². The third-order valence-corrected chi connectivity index (χ3v) is 4.12. The molecule has 2 aromatic rings. The molecule has 21 heavy (non-hydrogen) atoms. The van der Waals surface area contributed by atoms with Gasteiger partial charge in [-0.1, -0.05) is 30.7 Å². The SMILES string of the molecule is CCc1ccc(OCC(=O)Nc2ccc(Cl)c(Br)c2)cc1. The van der Waals surface area contributed by atoms with Crippen LogP contribution in [0.25, 0.3) is 0 Å². The van der Waals surface area contributed by atoms with Crippen LogP contribution in [-0.2, 0) is 11.2 Å². The summed E-state index contributed by atoms with van der Waals surface area (Å²) < 4.78 is 6.18. The van der Waals surface area contributed by atoms with E-state index in [1.165, 1.54) is 5.56 Å². The molecule has 1 N–H and O–H groups in total. The number of halogens is 2. The van der Waals surface area contributed by atoms with Crippen LogP contribution in [0.15, 0.2) is 46.9 Å². The number of anilines is 1. The van der Waals surface area contributed by atoms with E-state index in [1.807, 2.05) is 24.3 Å². The van der Waals surface area contributed by atoms with Crippen molar-refractivity contribution in [1.29, 1.82) is 0 Å². The molecule has 0 heterocycles. The predicted octanol–water partition coefficient (Wildman–Crippen LogP) is 4.68. The molecular formula is C16H15BrClNO2. The molecule has 3 nitrogen and oxygen atoms in total. The van der Waals surface area contributed by atoms with Gasteiger partial charge in [-0.05, 0) is 58.2 Å². The molecule has 0 fully saturated rings. The zero-order chi connectivity index (χ0) is 15.2. The molecule has 0 radical (unpaired) electrons. The van der Waals surface area contributed by atoms with Crippen molar-refractivity contribution in [2.24, 2.45) is 0 Å². The van der Waals surface area contributed by atoms with Crippen molar-refractivity contribution in [3.63, 3.8) is 0 Å². The smallest absolute Gasteiger partial charge is 0.262 e. The summed E-state index contributed by atoms with van der Waals surface area (Å²) in [7, 11) is 0. The minimum atomic E-state index is -0.219. The summed E-state index contributed by atoms with van der Waals surface area (Å²) in [6, 6.07) is 12.9. The Bertz CT molecular complexity index is 629. The number of hydrogen-bond acceptors (Lipinski definition) is 2. The summed E-state index contributed by atoms with van der Waals surface area (Å²) in [5.41, 5.74) is 1.90. The third kappa shape index (κ3) is 4.76. The lowest BCUT2D eigenvalue weighted by atomic mass is 10.2. The molecule has 0 saturated heterocycles. The Morgan fingerprint density at radius 3 is 2.57 bits per heavy atom. The Hall–Kier alpha value is -1.52. The highest BCUT2D eigenvalue weighted by atomic mass is 79.9. The van der Waals surface area contributed by atoms with Crippen LogP contribution >= 0.6 is 27.5 Å². The van der Waals surface area contributed by atoms with Crippen molar-refractivity contribution in [2.45, 2.75) is 13.3 Å². The van der Waals surface area contributed by atoms with Gasteiger partial charge in [0.25, 0.3) is 5.91 Å². The van der Waals surface area contributed by atoms with Crippen molar-refractivity contribution >= 4 is 39.1 Å². The number of hydrogen-bond donors (Lipinski definition) is 1. The molecule has 1 amide bonds. The number of carbonyl (C=O) groups excluding carboxylic acids is 1. The van der Waals surface area contributed by atoms with E-state index >= 15 is 0 Å². The molecule has 5 heteroatoms. The Labute approximate surface area is 137 Å². The van der Waals surface area contributed by atoms with E-state index in [2.05, 4.69) is 28.2 Å². The standard InChI is InChI=1S/C16H15BrClNO2/c1-2-11-3-6-13(7-4-11)21-10-16(20)19-12-5-8-15(18)14(17)9-12/h3-9H,2,10H2,1H3,(H,19,20). The number of aryl methyl sites for hydroxylation is 1. The van der Waals surface area contributed by atoms with Gasteiger partial charge in [0.05, 0.1) is 5.02 Å². The molecule has 0 atom stereocenters. The number of amides is 1. The molecule has 0 aliphatic rings. The quantitative estimate of drug-likeness (QED) is 0.832. The number of ether oxygens (including phenoxy) is 1. The van der Waals surface area contributed by atoms with Crippen molar-refractivity contribution in [3.8, 4) is 5.75 Å².